The molecule has 0 bridgehead atoms. The maximum atomic E-state index is 13.9. The molecule has 2 aromatic rings. The number of carbonyl (C=O) groups is 1. The molecule has 0 saturated heterocycles. The van der Waals surface area contributed by atoms with Crippen molar-refractivity contribution in [2.75, 3.05) is 16.4 Å². The number of phenolic OH excluding ortho intramolecular Hbond substituents is 1. The van der Waals surface area contributed by atoms with E-state index in [1.165, 1.54) is 0 Å². The number of aromatic hydroxyl groups is 1. The molecule has 7 heteroatoms. The van der Waals surface area contributed by atoms with E-state index in [0.717, 1.165) is 12.0 Å². The number of amides is 1. The van der Waals surface area contributed by atoms with Crippen molar-refractivity contribution in [3.63, 3.8) is 0 Å². The molecule has 0 fully saturated rings. The van der Waals surface area contributed by atoms with Crippen molar-refractivity contribution in [2.45, 2.75) is 45.1 Å². The molecular formula is C20H25F2N3O2. The van der Waals surface area contributed by atoms with Gasteiger partial charge in [-0.25, -0.2) is 8.78 Å². The summed E-state index contributed by atoms with van der Waals surface area (Å²) in [6, 6.07) is 11.6. The van der Waals surface area contributed by atoms with Gasteiger partial charge in [0.2, 0.25) is 6.17 Å². The Labute approximate surface area is 157 Å². The highest BCUT2D eigenvalue weighted by molar-refractivity contribution is 5.97. The van der Waals surface area contributed by atoms with Crippen LogP contribution in [0.4, 0.5) is 25.8 Å². The fraction of sp³-hybridized carbons (Fsp3) is 0.350. The van der Waals surface area contributed by atoms with Crippen LogP contribution < -0.4 is 16.4 Å². The number of halogens is 2. The first kappa shape index (κ1) is 20.5. The van der Waals surface area contributed by atoms with Gasteiger partial charge in [0, 0.05) is 12.2 Å². The minimum atomic E-state index is -2.22. The molecule has 0 radical (unpaired) electrons. The molecule has 1 amide bonds. The van der Waals surface area contributed by atoms with Crippen LogP contribution in [0.25, 0.3) is 0 Å². The van der Waals surface area contributed by atoms with Gasteiger partial charge in [-0.05, 0) is 42.3 Å². The van der Waals surface area contributed by atoms with E-state index in [-0.39, 0.29) is 23.5 Å². The van der Waals surface area contributed by atoms with Crippen LogP contribution in [0, 0.1) is 0 Å². The van der Waals surface area contributed by atoms with Crippen LogP contribution in [0.3, 0.4) is 0 Å². The number of hydrogen-bond donors (Lipinski definition) is 4. The fourth-order valence-corrected chi connectivity index (χ4v) is 2.52. The summed E-state index contributed by atoms with van der Waals surface area (Å²) in [7, 11) is 0. The lowest BCUT2D eigenvalue weighted by molar-refractivity contribution is -0.123. The molecule has 27 heavy (non-hydrogen) atoms. The third-order valence-corrected chi connectivity index (χ3v) is 4.14. The Hall–Kier alpha value is -2.83. The SMILES string of the molecule is CCCC[C@@H](F)[C@H](F)C(=O)Nc1ccc(NCc2ccc(O)cc2)cc1N. The van der Waals surface area contributed by atoms with Crippen LogP contribution in [0.1, 0.15) is 31.7 Å². The van der Waals surface area contributed by atoms with Crippen LogP contribution >= 0.6 is 0 Å². The zero-order chi connectivity index (χ0) is 19.8. The normalized spacial score (nSPS) is 13.0. The van der Waals surface area contributed by atoms with Crippen LogP contribution in [0.5, 0.6) is 5.75 Å². The summed E-state index contributed by atoms with van der Waals surface area (Å²) in [5.41, 5.74) is 8.07. The Kier molecular flexibility index (Phi) is 7.40. The molecule has 0 aliphatic carbocycles. The van der Waals surface area contributed by atoms with E-state index in [2.05, 4.69) is 10.6 Å². The zero-order valence-corrected chi connectivity index (χ0v) is 15.2. The van der Waals surface area contributed by atoms with Crippen molar-refractivity contribution < 1.29 is 18.7 Å². The number of unbranched alkanes of at least 4 members (excludes halogenated alkanes) is 1. The molecular weight excluding hydrogens is 352 g/mol. The topological polar surface area (TPSA) is 87.4 Å². The molecule has 0 unspecified atom stereocenters. The zero-order valence-electron chi connectivity index (χ0n) is 15.2. The average Bonchev–Trinajstić information content (AvgIpc) is 2.66. The van der Waals surface area contributed by atoms with E-state index in [4.69, 9.17) is 5.73 Å². The van der Waals surface area contributed by atoms with Gasteiger partial charge in [0.05, 0.1) is 11.4 Å². The van der Waals surface area contributed by atoms with E-state index in [0.29, 0.717) is 18.7 Å². The van der Waals surface area contributed by atoms with Gasteiger partial charge in [-0.3, -0.25) is 4.79 Å². The number of benzene rings is 2. The number of nitrogens with two attached hydrogens (primary N) is 1. The summed E-state index contributed by atoms with van der Waals surface area (Å²) < 4.78 is 27.6. The highest BCUT2D eigenvalue weighted by atomic mass is 19.2. The Morgan fingerprint density at radius 1 is 1.19 bits per heavy atom. The number of nitrogens with one attached hydrogen (secondary N) is 2. The van der Waals surface area contributed by atoms with Gasteiger partial charge in [-0.2, -0.15) is 0 Å². The maximum Gasteiger partial charge on any atom is 0.262 e. The van der Waals surface area contributed by atoms with Crippen LogP contribution in [0.2, 0.25) is 0 Å². The molecule has 0 heterocycles. The predicted molar refractivity (Wildman–Crippen MR) is 104 cm³/mol. The molecule has 2 aromatic carbocycles. The second kappa shape index (κ2) is 9.75. The van der Waals surface area contributed by atoms with Crippen molar-refractivity contribution in [1.29, 1.82) is 0 Å². The summed E-state index contributed by atoms with van der Waals surface area (Å²) in [5, 5.41) is 14.8. The number of alkyl halides is 2. The maximum absolute atomic E-state index is 13.9. The molecule has 0 aromatic heterocycles. The fourth-order valence-electron chi connectivity index (χ4n) is 2.52. The van der Waals surface area contributed by atoms with Gasteiger partial charge in [-0.15, -0.1) is 0 Å². The number of nitrogen functional groups attached to an aromatic ring is 1. The van der Waals surface area contributed by atoms with Gasteiger partial charge < -0.3 is 21.5 Å². The lowest BCUT2D eigenvalue weighted by Gasteiger charge is -2.15. The number of rotatable bonds is 9. The van der Waals surface area contributed by atoms with Gasteiger partial charge in [0.1, 0.15) is 11.9 Å². The van der Waals surface area contributed by atoms with Crippen molar-refractivity contribution in [3.8, 4) is 5.75 Å². The second-order valence-corrected chi connectivity index (χ2v) is 6.37. The number of phenols is 1. The van der Waals surface area contributed by atoms with Crippen LogP contribution in [-0.4, -0.2) is 23.4 Å². The van der Waals surface area contributed by atoms with E-state index < -0.39 is 18.3 Å². The van der Waals surface area contributed by atoms with Gasteiger partial charge >= 0.3 is 0 Å². The molecule has 0 spiro atoms. The van der Waals surface area contributed by atoms with Gasteiger partial charge in [-0.1, -0.05) is 31.9 Å². The standard InChI is InChI=1S/C20H25F2N3O2/c1-2-3-4-16(21)19(22)20(27)25-18-10-7-14(11-17(18)23)24-12-13-5-8-15(26)9-6-13/h5-11,16,19,24,26H,2-4,12,23H2,1H3,(H,25,27)/t16-,19+/m1/s1. The molecule has 5 nitrogen and oxygen atoms in total. The lowest BCUT2D eigenvalue weighted by Crippen LogP contribution is -2.32. The third kappa shape index (κ3) is 6.13. The minimum absolute atomic E-state index is 0.0146. The molecule has 2 rings (SSSR count). The molecule has 2 atom stereocenters. The highest BCUT2D eigenvalue weighted by Crippen LogP contribution is 2.24. The summed E-state index contributed by atoms with van der Waals surface area (Å²) in [5.74, 6) is -0.838. The largest absolute Gasteiger partial charge is 0.508 e. The van der Waals surface area contributed by atoms with Crippen molar-refractivity contribution in [1.82, 2.24) is 0 Å². The second-order valence-electron chi connectivity index (χ2n) is 6.37. The first-order chi connectivity index (χ1) is 12.9. The van der Waals surface area contributed by atoms with Gasteiger partial charge in [0.15, 0.2) is 0 Å². The Balaban J connectivity index is 1.93. The smallest absolute Gasteiger partial charge is 0.262 e. The quantitative estimate of drug-likeness (QED) is 0.488. The molecule has 5 N–H and O–H groups in total. The molecule has 0 saturated carbocycles. The number of anilines is 3. The predicted octanol–water partition coefficient (Wildman–Crippen LogP) is 4.39. The monoisotopic (exact) mass is 377 g/mol. The Bertz CT molecular complexity index is 753. The Morgan fingerprint density at radius 3 is 2.52 bits per heavy atom. The summed E-state index contributed by atoms with van der Waals surface area (Å²) in [6.45, 7) is 2.39. The lowest BCUT2D eigenvalue weighted by atomic mass is 10.1. The van der Waals surface area contributed by atoms with E-state index in [1.807, 2.05) is 6.92 Å². The first-order valence-corrected chi connectivity index (χ1v) is 8.91. The Morgan fingerprint density at radius 2 is 1.89 bits per heavy atom. The van der Waals surface area contributed by atoms with E-state index in [1.54, 1.807) is 42.5 Å². The van der Waals surface area contributed by atoms with Crippen LogP contribution in [0.15, 0.2) is 42.5 Å². The van der Waals surface area contributed by atoms with Gasteiger partial charge in [0.25, 0.3) is 5.91 Å². The van der Waals surface area contributed by atoms with E-state index in [9.17, 15) is 18.7 Å². The number of carbonyl (C=O) groups excluding carboxylic acids is 1. The minimum Gasteiger partial charge on any atom is -0.508 e. The molecule has 146 valence electrons. The van der Waals surface area contributed by atoms with Crippen molar-refractivity contribution in [2.24, 2.45) is 0 Å². The average molecular weight is 377 g/mol. The summed E-state index contributed by atoms with van der Waals surface area (Å²) >= 11 is 0. The first-order valence-electron chi connectivity index (χ1n) is 8.91. The third-order valence-electron chi connectivity index (χ3n) is 4.14. The van der Waals surface area contributed by atoms with Crippen LogP contribution in [-0.2, 0) is 11.3 Å². The summed E-state index contributed by atoms with van der Waals surface area (Å²) in [4.78, 5) is 11.9. The van der Waals surface area contributed by atoms with Crippen molar-refractivity contribution in [3.05, 3.63) is 48.0 Å². The molecule has 0 aliphatic rings. The molecule has 0 aliphatic heterocycles. The summed E-state index contributed by atoms with van der Waals surface area (Å²) in [6.07, 6.45) is -2.76. The number of hydrogen-bond acceptors (Lipinski definition) is 4. The highest BCUT2D eigenvalue weighted by Gasteiger charge is 2.27. The van der Waals surface area contributed by atoms with Crippen molar-refractivity contribution >= 4 is 23.0 Å². The van der Waals surface area contributed by atoms with E-state index >= 15 is 0 Å².